The molecular weight excluding hydrogens is 340 g/mol. The summed E-state index contributed by atoms with van der Waals surface area (Å²) in [5, 5.41) is 3.83. The highest BCUT2D eigenvalue weighted by Crippen LogP contribution is 2.23. The number of halogens is 1. The fraction of sp³-hybridized carbons (Fsp3) is 0.133. The second-order valence-electron chi connectivity index (χ2n) is 4.70. The van der Waals surface area contributed by atoms with Crippen molar-refractivity contribution in [1.29, 1.82) is 0 Å². The average Bonchev–Trinajstić information content (AvgIpc) is 2.97. The molecule has 0 aliphatic carbocycles. The van der Waals surface area contributed by atoms with E-state index in [9.17, 15) is 13.2 Å². The summed E-state index contributed by atoms with van der Waals surface area (Å²) in [7, 11) is -3.63. The predicted octanol–water partition coefficient (Wildman–Crippen LogP) is 2.74. The predicted molar refractivity (Wildman–Crippen MR) is 88.3 cm³/mol. The maximum absolute atomic E-state index is 12.0. The minimum Gasteiger partial charge on any atom is -0.451 e. The Balaban J connectivity index is 2.06. The van der Waals surface area contributed by atoms with Crippen LogP contribution in [0.1, 0.15) is 17.5 Å². The third kappa shape index (κ3) is 4.69. The lowest BCUT2D eigenvalue weighted by atomic mass is 10.2. The standard InChI is InChI=1S/C15H15ClN2O4S/c1-3-23(20,21)18-10(2)17-15(19)14-9-8-13(22-14)11-4-6-12(16)7-5-11/h3-10,18H,1H2,2H3,(H,17,19). The van der Waals surface area contributed by atoms with Gasteiger partial charge in [0.1, 0.15) is 5.76 Å². The van der Waals surface area contributed by atoms with Gasteiger partial charge in [-0.05, 0) is 43.3 Å². The highest BCUT2D eigenvalue weighted by atomic mass is 35.5. The molecule has 1 heterocycles. The minimum absolute atomic E-state index is 0.0691. The molecule has 1 unspecified atom stereocenters. The van der Waals surface area contributed by atoms with Gasteiger partial charge in [-0.25, -0.2) is 8.42 Å². The van der Waals surface area contributed by atoms with Gasteiger partial charge in [-0.15, -0.1) is 0 Å². The van der Waals surface area contributed by atoms with Crippen LogP contribution in [-0.2, 0) is 10.0 Å². The van der Waals surface area contributed by atoms with Crippen molar-refractivity contribution in [2.24, 2.45) is 0 Å². The highest BCUT2D eigenvalue weighted by molar-refractivity contribution is 7.92. The van der Waals surface area contributed by atoms with Crippen LogP contribution in [0.2, 0.25) is 5.02 Å². The van der Waals surface area contributed by atoms with Crippen LogP contribution in [0.3, 0.4) is 0 Å². The zero-order valence-electron chi connectivity index (χ0n) is 12.2. The van der Waals surface area contributed by atoms with E-state index < -0.39 is 22.1 Å². The van der Waals surface area contributed by atoms with Crippen LogP contribution in [0.5, 0.6) is 0 Å². The van der Waals surface area contributed by atoms with Gasteiger partial charge in [0.2, 0.25) is 10.0 Å². The topological polar surface area (TPSA) is 88.4 Å². The summed E-state index contributed by atoms with van der Waals surface area (Å²) in [6.07, 6.45) is -0.811. The summed E-state index contributed by atoms with van der Waals surface area (Å²) in [6, 6.07) is 10.1. The SMILES string of the molecule is C=CS(=O)(=O)NC(C)NC(=O)c1ccc(-c2ccc(Cl)cc2)o1. The first-order chi connectivity index (χ1) is 10.8. The lowest BCUT2D eigenvalue weighted by Crippen LogP contribution is -2.45. The van der Waals surface area contributed by atoms with E-state index in [4.69, 9.17) is 16.0 Å². The third-order valence-electron chi connectivity index (χ3n) is 2.87. The molecule has 1 aromatic carbocycles. The minimum atomic E-state index is -3.63. The number of sulfonamides is 1. The van der Waals surface area contributed by atoms with Gasteiger partial charge in [0.15, 0.2) is 5.76 Å². The fourth-order valence-corrected chi connectivity index (χ4v) is 2.59. The molecule has 0 spiro atoms. The zero-order valence-corrected chi connectivity index (χ0v) is 13.8. The molecule has 2 rings (SSSR count). The molecule has 0 aliphatic heterocycles. The van der Waals surface area contributed by atoms with Gasteiger partial charge in [0, 0.05) is 16.0 Å². The number of carbonyl (C=O) groups is 1. The Kier molecular flexibility index (Phi) is 5.25. The van der Waals surface area contributed by atoms with Gasteiger partial charge < -0.3 is 9.73 Å². The van der Waals surface area contributed by atoms with E-state index in [1.165, 1.54) is 13.0 Å². The maximum atomic E-state index is 12.0. The zero-order chi connectivity index (χ0) is 17.0. The Morgan fingerprint density at radius 3 is 2.52 bits per heavy atom. The van der Waals surface area contributed by atoms with Crippen LogP contribution < -0.4 is 10.0 Å². The third-order valence-corrected chi connectivity index (χ3v) is 4.24. The van der Waals surface area contributed by atoms with Gasteiger partial charge in [-0.3, -0.25) is 4.79 Å². The van der Waals surface area contributed by atoms with Crippen LogP contribution in [0.25, 0.3) is 11.3 Å². The van der Waals surface area contributed by atoms with Crippen LogP contribution >= 0.6 is 11.6 Å². The molecule has 1 atom stereocenters. The number of rotatable bonds is 6. The first-order valence-electron chi connectivity index (χ1n) is 6.62. The summed E-state index contributed by atoms with van der Waals surface area (Å²) >= 11 is 5.82. The Morgan fingerprint density at radius 2 is 1.91 bits per heavy atom. The molecule has 2 N–H and O–H groups in total. The average molecular weight is 355 g/mol. The number of carbonyl (C=O) groups excluding carboxylic acids is 1. The first-order valence-corrected chi connectivity index (χ1v) is 8.54. The molecule has 1 amide bonds. The van der Waals surface area contributed by atoms with Gasteiger partial charge >= 0.3 is 0 Å². The van der Waals surface area contributed by atoms with Crippen molar-refractivity contribution in [3.8, 4) is 11.3 Å². The van der Waals surface area contributed by atoms with Crippen LogP contribution in [-0.4, -0.2) is 20.5 Å². The van der Waals surface area contributed by atoms with E-state index in [1.54, 1.807) is 30.3 Å². The Bertz CT molecular complexity index is 812. The lowest BCUT2D eigenvalue weighted by molar-refractivity contribution is 0.0911. The Morgan fingerprint density at radius 1 is 1.26 bits per heavy atom. The molecule has 0 saturated heterocycles. The molecule has 122 valence electrons. The number of nitrogens with one attached hydrogen (secondary N) is 2. The summed E-state index contributed by atoms with van der Waals surface area (Å²) in [4.78, 5) is 12.0. The van der Waals surface area contributed by atoms with E-state index in [0.717, 1.165) is 11.0 Å². The number of hydrogen-bond donors (Lipinski definition) is 2. The number of amides is 1. The van der Waals surface area contributed by atoms with Crippen molar-refractivity contribution < 1.29 is 17.6 Å². The van der Waals surface area contributed by atoms with Gasteiger partial charge in [-0.2, -0.15) is 4.72 Å². The van der Waals surface area contributed by atoms with Crippen molar-refractivity contribution >= 4 is 27.5 Å². The number of furan rings is 1. The van der Waals surface area contributed by atoms with Crippen molar-refractivity contribution in [1.82, 2.24) is 10.0 Å². The van der Waals surface area contributed by atoms with E-state index in [-0.39, 0.29) is 5.76 Å². The molecule has 23 heavy (non-hydrogen) atoms. The first kappa shape index (κ1) is 17.3. The van der Waals surface area contributed by atoms with E-state index in [2.05, 4.69) is 16.6 Å². The summed E-state index contributed by atoms with van der Waals surface area (Å²) in [6.45, 7) is 4.66. The Hall–Kier alpha value is -2.09. The second kappa shape index (κ2) is 6.99. The molecule has 0 aliphatic rings. The van der Waals surface area contributed by atoms with E-state index in [0.29, 0.717) is 10.8 Å². The van der Waals surface area contributed by atoms with Gasteiger partial charge in [-0.1, -0.05) is 18.2 Å². The summed E-state index contributed by atoms with van der Waals surface area (Å²) < 4.78 is 30.4. The fourth-order valence-electron chi connectivity index (χ4n) is 1.82. The molecule has 1 aromatic heterocycles. The van der Waals surface area contributed by atoms with Crippen molar-refractivity contribution in [3.05, 3.63) is 59.2 Å². The van der Waals surface area contributed by atoms with Gasteiger partial charge in [0.25, 0.3) is 5.91 Å². The van der Waals surface area contributed by atoms with Crippen LogP contribution in [0.4, 0.5) is 0 Å². The summed E-state index contributed by atoms with van der Waals surface area (Å²) in [5.41, 5.74) is 0.772. The molecule has 6 nitrogen and oxygen atoms in total. The Labute approximate surface area is 139 Å². The van der Waals surface area contributed by atoms with E-state index in [1.807, 2.05) is 0 Å². The lowest BCUT2D eigenvalue weighted by Gasteiger charge is -2.13. The monoisotopic (exact) mass is 354 g/mol. The van der Waals surface area contributed by atoms with Crippen LogP contribution in [0.15, 0.2) is 52.8 Å². The maximum Gasteiger partial charge on any atom is 0.288 e. The van der Waals surface area contributed by atoms with Crippen molar-refractivity contribution in [2.75, 3.05) is 0 Å². The summed E-state index contributed by atoms with van der Waals surface area (Å²) in [5.74, 6) is 0.0372. The highest BCUT2D eigenvalue weighted by Gasteiger charge is 2.17. The van der Waals surface area contributed by atoms with Crippen molar-refractivity contribution in [2.45, 2.75) is 13.1 Å². The molecular formula is C15H15ClN2O4S. The number of hydrogen-bond acceptors (Lipinski definition) is 4. The quantitative estimate of drug-likeness (QED) is 0.781. The molecule has 0 fully saturated rings. The normalized spacial score (nSPS) is 12.6. The van der Waals surface area contributed by atoms with Crippen molar-refractivity contribution in [3.63, 3.8) is 0 Å². The molecule has 8 heteroatoms. The van der Waals surface area contributed by atoms with Gasteiger partial charge in [0.05, 0.1) is 6.17 Å². The smallest absolute Gasteiger partial charge is 0.288 e. The van der Waals surface area contributed by atoms with E-state index >= 15 is 0 Å². The molecule has 0 bridgehead atoms. The van der Waals surface area contributed by atoms with Crippen LogP contribution in [0, 0.1) is 0 Å². The largest absolute Gasteiger partial charge is 0.451 e. The number of benzene rings is 1. The molecule has 0 radical (unpaired) electrons. The molecule has 0 saturated carbocycles. The second-order valence-corrected chi connectivity index (χ2v) is 6.79. The molecule has 2 aromatic rings.